The van der Waals surface area contributed by atoms with Crippen LogP contribution in [0.3, 0.4) is 0 Å². The minimum absolute atomic E-state index is 0.0430. The lowest BCUT2D eigenvalue weighted by molar-refractivity contribution is 0.0940. The smallest absolute Gasteiger partial charge is 0.167 e. The first kappa shape index (κ1) is 10.6. The van der Waals surface area contributed by atoms with E-state index in [1.54, 1.807) is 18.2 Å². The Kier molecular flexibility index (Phi) is 3.12. The number of nitrogens with two attached hydrogens (primary N) is 1. The monoisotopic (exact) mass is 193 g/mol. The Labute approximate surface area is 83.9 Å². The summed E-state index contributed by atoms with van der Waals surface area (Å²) < 4.78 is 5.04. The fourth-order valence-electron chi connectivity index (χ4n) is 1.25. The van der Waals surface area contributed by atoms with Crippen LogP contribution in [0, 0.1) is 5.92 Å². The van der Waals surface area contributed by atoms with Gasteiger partial charge in [-0.2, -0.15) is 0 Å². The van der Waals surface area contributed by atoms with E-state index in [9.17, 15) is 4.79 Å². The van der Waals surface area contributed by atoms with Crippen molar-refractivity contribution in [3.8, 4) is 5.75 Å². The lowest BCUT2D eigenvalue weighted by Crippen LogP contribution is -2.10. The molecule has 0 amide bonds. The SMILES string of the molecule is COc1cccc(C(=O)C(C)C)c1N. The lowest BCUT2D eigenvalue weighted by atomic mass is 9.99. The van der Waals surface area contributed by atoms with Crippen LogP contribution in [0.1, 0.15) is 24.2 Å². The number of ether oxygens (including phenoxy) is 1. The molecule has 3 heteroatoms. The number of para-hydroxylation sites is 1. The number of hydrogen-bond donors (Lipinski definition) is 1. The van der Waals surface area contributed by atoms with Crippen LogP contribution in [0.5, 0.6) is 5.75 Å². The van der Waals surface area contributed by atoms with Crippen molar-refractivity contribution in [2.75, 3.05) is 12.8 Å². The topological polar surface area (TPSA) is 52.3 Å². The van der Waals surface area contributed by atoms with E-state index in [0.29, 0.717) is 17.0 Å². The van der Waals surface area contributed by atoms with Crippen LogP contribution < -0.4 is 10.5 Å². The highest BCUT2D eigenvalue weighted by atomic mass is 16.5. The molecule has 0 atom stereocenters. The summed E-state index contributed by atoms with van der Waals surface area (Å²) in [5.41, 5.74) is 6.75. The van der Waals surface area contributed by atoms with E-state index in [2.05, 4.69) is 0 Å². The van der Waals surface area contributed by atoms with Crippen molar-refractivity contribution < 1.29 is 9.53 Å². The first-order valence-electron chi connectivity index (χ1n) is 4.54. The van der Waals surface area contributed by atoms with Crippen LogP contribution in [0.15, 0.2) is 18.2 Å². The summed E-state index contributed by atoms with van der Waals surface area (Å²) in [5, 5.41) is 0. The molecule has 0 fully saturated rings. The second-order valence-corrected chi connectivity index (χ2v) is 3.44. The second kappa shape index (κ2) is 4.13. The summed E-state index contributed by atoms with van der Waals surface area (Å²) >= 11 is 0. The largest absolute Gasteiger partial charge is 0.495 e. The third kappa shape index (κ3) is 1.87. The zero-order valence-electron chi connectivity index (χ0n) is 8.70. The molecule has 2 N–H and O–H groups in total. The van der Waals surface area contributed by atoms with E-state index in [1.165, 1.54) is 7.11 Å². The van der Waals surface area contributed by atoms with Gasteiger partial charge in [-0.25, -0.2) is 0 Å². The van der Waals surface area contributed by atoms with Gasteiger partial charge in [0.25, 0.3) is 0 Å². The Bertz CT molecular complexity index is 345. The highest BCUT2D eigenvalue weighted by molar-refractivity contribution is 6.02. The molecule has 0 heterocycles. The van der Waals surface area contributed by atoms with Crippen molar-refractivity contribution in [1.29, 1.82) is 0 Å². The molecule has 1 aromatic rings. The second-order valence-electron chi connectivity index (χ2n) is 3.44. The van der Waals surface area contributed by atoms with Crippen molar-refractivity contribution >= 4 is 11.5 Å². The van der Waals surface area contributed by atoms with E-state index >= 15 is 0 Å². The van der Waals surface area contributed by atoms with Gasteiger partial charge in [0.1, 0.15) is 5.75 Å². The number of carbonyl (C=O) groups excluding carboxylic acids is 1. The fraction of sp³-hybridized carbons (Fsp3) is 0.364. The van der Waals surface area contributed by atoms with Crippen molar-refractivity contribution in [3.05, 3.63) is 23.8 Å². The molecule has 0 spiro atoms. The van der Waals surface area contributed by atoms with Gasteiger partial charge in [-0.15, -0.1) is 0 Å². The zero-order valence-corrected chi connectivity index (χ0v) is 8.70. The van der Waals surface area contributed by atoms with Crippen LogP contribution in [-0.2, 0) is 0 Å². The molecule has 3 nitrogen and oxygen atoms in total. The molecule has 14 heavy (non-hydrogen) atoms. The molecule has 0 aliphatic carbocycles. The van der Waals surface area contributed by atoms with Crippen molar-refractivity contribution in [2.24, 2.45) is 5.92 Å². The van der Waals surface area contributed by atoms with Gasteiger partial charge in [-0.1, -0.05) is 19.9 Å². The molecule has 0 bridgehead atoms. The van der Waals surface area contributed by atoms with E-state index in [0.717, 1.165) is 0 Å². The Balaban J connectivity index is 3.16. The van der Waals surface area contributed by atoms with Gasteiger partial charge in [0.05, 0.1) is 12.8 Å². The minimum Gasteiger partial charge on any atom is -0.495 e. The van der Waals surface area contributed by atoms with E-state index in [4.69, 9.17) is 10.5 Å². The third-order valence-electron chi connectivity index (χ3n) is 2.08. The third-order valence-corrected chi connectivity index (χ3v) is 2.08. The molecule has 0 radical (unpaired) electrons. The molecule has 0 saturated carbocycles. The number of nitrogen functional groups attached to an aromatic ring is 1. The predicted octanol–water partition coefficient (Wildman–Crippen LogP) is 2.12. The van der Waals surface area contributed by atoms with Gasteiger partial charge >= 0.3 is 0 Å². The minimum atomic E-state index is -0.0515. The standard InChI is InChI=1S/C11H15NO2/c1-7(2)11(13)8-5-4-6-9(14-3)10(8)12/h4-7H,12H2,1-3H3. The fourth-order valence-corrected chi connectivity index (χ4v) is 1.25. The number of ketones is 1. The molecule has 0 unspecified atom stereocenters. The average molecular weight is 193 g/mol. The maximum atomic E-state index is 11.7. The first-order chi connectivity index (χ1) is 6.57. The highest BCUT2D eigenvalue weighted by Crippen LogP contribution is 2.26. The van der Waals surface area contributed by atoms with E-state index in [-0.39, 0.29) is 11.7 Å². The molecular formula is C11H15NO2. The van der Waals surface area contributed by atoms with Gasteiger partial charge in [-0.05, 0) is 12.1 Å². The average Bonchev–Trinajstić information content (AvgIpc) is 2.17. The molecule has 1 aromatic carbocycles. The molecule has 1 rings (SSSR count). The molecule has 0 aromatic heterocycles. The molecule has 0 aliphatic heterocycles. The van der Waals surface area contributed by atoms with Gasteiger partial charge in [0.15, 0.2) is 5.78 Å². The highest BCUT2D eigenvalue weighted by Gasteiger charge is 2.15. The molecule has 76 valence electrons. The maximum Gasteiger partial charge on any atom is 0.167 e. The summed E-state index contributed by atoms with van der Waals surface area (Å²) in [4.78, 5) is 11.7. The predicted molar refractivity (Wildman–Crippen MR) is 56.6 cm³/mol. The summed E-state index contributed by atoms with van der Waals surface area (Å²) in [6.07, 6.45) is 0. The Morgan fingerprint density at radius 3 is 2.57 bits per heavy atom. The van der Waals surface area contributed by atoms with Gasteiger partial charge in [-0.3, -0.25) is 4.79 Å². The van der Waals surface area contributed by atoms with Gasteiger partial charge in [0.2, 0.25) is 0 Å². The lowest BCUT2D eigenvalue weighted by Gasteiger charge is -2.10. The number of hydrogen-bond acceptors (Lipinski definition) is 3. The van der Waals surface area contributed by atoms with E-state index < -0.39 is 0 Å². The number of Topliss-reactive ketones (excluding diaryl/α,β-unsaturated/α-hetero) is 1. The number of anilines is 1. The number of rotatable bonds is 3. The van der Waals surface area contributed by atoms with Crippen molar-refractivity contribution in [3.63, 3.8) is 0 Å². The van der Waals surface area contributed by atoms with Crippen LogP contribution in [0.25, 0.3) is 0 Å². The quantitative estimate of drug-likeness (QED) is 0.591. The summed E-state index contributed by atoms with van der Waals surface area (Å²) in [6, 6.07) is 5.23. The molecule has 0 aliphatic rings. The summed E-state index contributed by atoms with van der Waals surface area (Å²) in [6.45, 7) is 3.70. The van der Waals surface area contributed by atoms with Crippen molar-refractivity contribution in [2.45, 2.75) is 13.8 Å². The van der Waals surface area contributed by atoms with Crippen LogP contribution in [-0.4, -0.2) is 12.9 Å². The maximum absolute atomic E-state index is 11.7. The summed E-state index contributed by atoms with van der Waals surface area (Å²) in [7, 11) is 1.54. The first-order valence-corrected chi connectivity index (χ1v) is 4.54. The Morgan fingerprint density at radius 1 is 1.43 bits per heavy atom. The number of methoxy groups -OCH3 is 1. The molecular weight excluding hydrogens is 178 g/mol. The number of carbonyl (C=O) groups is 1. The van der Waals surface area contributed by atoms with Crippen molar-refractivity contribution in [1.82, 2.24) is 0 Å². The van der Waals surface area contributed by atoms with Gasteiger partial charge in [0, 0.05) is 11.5 Å². The Hall–Kier alpha value is -1.51. The Morgan fingerprint density at radius 2 is 2.07 bits per heavy atom. The van der Waals surface area contributed by atoms with Crippen LogP contribution >= 0.6 is 0 Å². The normalized spacial score (nSPS) is 10.3. The summed E-state index contributed by atoms with van der Waals surface area (Å²) in [5.74, 6) is 0.544. The zero-order chi connectivity index (χ0) is 10.7. The van der Waals surface area contributed by atoms with E-state index in [1.807, 2.05) is 13.8 Å². The van der Waals surface area contributed by atoms with Crippen LogP contribution in [0.2, 0.25) is 0 Å². The van der Waals surface area contributed by atoms with Gasteiger partial charge < -0.3 is 10.5 Å². The van der Waals surface area contributed by atoms with Crippen LogP contribution in [0.4, 0.5) is 5.69 Å². The molecule has 0 saturated heterocycles. The number of benzene rings is 1.